The number of halogens is 2. The summed E-state index contributed by atoms with van der Waals surface area (Å²) in [6.45, 7) is 3.82. The second kappa shape index (κ2) is 7.17. The molecular formula is C16H16Cl2N4O. The van der Waals surface area contributed by atoms with E-state index < -0.39 is 0 Å². The molecule has 5 nitrogen and oxygen atoms in total. The van der Waals surface area contributed by atoms with Gasteiger partial charge in [-0.05, 0) is 24.3 Å². The SMILES string of the molecule is O=C(Nc1ccc(N2CCNCC2)cn1)c1c(Cl)cccc1Cl. The van der Waals surface area contributed by atoms with E-state index >= 15 is 0 Å². The van der Waals surface area contributed by atoms with Gasteiger partial charge in [-0.2, -0.15) is 0 Å². The maximum absolute atomic E-state index is 12.3. The second-order valence-electron chi connectivity index (χ2n) is 5.19. The van der Waals surface area contributed by atoms with E-state index in [0.29, 0.717) is 15.9 Å². The van der Waals surface area contributed by atoms with Gasteiger partial charge in [-0.15, -0.1) is 0 Å². The van der Waals surface area contributed by atoms with Crippen molar-refractivity contribution in [1.29, 1.82) is 0 Å². The minimum absolute atomic E-state index is 0.254. The number of rotatable bonds is 3. The minimum Gasteiger partial charge on any atom is -0.368 e. The fourth-order valence-corrected chi connectivity index (χ4v) is 3.03. The van der Waals surface area contributed by atoms with Gasteiger partial charge in [-0.1, -0.05) is 29.3 Å². The number of nitrogens with one attached hydrogen (secondary N) is 2. The van der Waals surface area contributed by atoms with Crippen LogP contribution < -0.4 is 15.5 Å². The number of piperazine rings is 1. The first kappa shape index (κ1) is 16.1. The molecule has 1 aromatic heterocycles. The van der Waals surface area contributed by atoms with Crippen LogP contribution in [0.25, 0.3) is 0 Å². The molecule has 0 unspecified atom stereocenters. The number of amides is 1. The number of hydrogen-bond acceptors (Lipinski definition) is 4. The largest absolute Gasteiger partial charge is 0.368 e. The Morgan fingerprint density at radius 3 is 2.43 bits per heavy atom. The van der Waals surface area contributed by atoms with Crippen LogP contribution in [0.4, 0.5) is 11.5 Å². The van der Waals surface area contributed by atoms with Crippen molar-refractivity contribution in [2.45, 2.75) is 0 Å². The molecule has 23 heavy (non-hydrogen) atoms. The zero-order valence-corrected chi connectivity index (χ0v) is 13.9. The van der Waals surface area contributed by atoms with Crippen LogP contribution >= 0.6 is 23.2 Å². The Hall–Kier alpha value is -1.82. The summed E-state index contributed by atoms with van der Waals surface area (Å²) in [5, 5.41) is 6.65. The van der Waals surface area contributed by atoms with E-state index in [2.05, 4.69) is 20.5 Å². The molecule has 1 aromatic carbocycles. The third-order valence-electron chi connectivity index (χ3n) is 3.66. The molecule has 1 aliphatic heterocycles. The van der Waals surface area contributed by atoms with Gasteiger partial charge in [0.05, 0.1) is 27.5 Å². The summed E-state index contributed by atoms with van der Waals surface area (Å²) in [4.78, 5) is 18.9. The topological polar surface area (TPSA) is 57.3 Å². The normalized spacial score (nSPS) is 14.6. The molecule has 0 aliphatic carbocycles. The summed E-state index contributed by atoms with van der Waals surface area (Å²) in [5.41, 5.74) is 1.30. The molecule has 1 aliphatic rings. The van der Waals surface area contributed by atoms with E-state index in [0.717, 1.165) is 31.9 Å². The number of pyridine rings is 1. The molecule has 0 bridgehead atoms. The number of carbonyl (C=O) groups excluding carboxylic acids is 1. The fourth-order valence-electron chi connectivity index (χ4n) is 2.46. The van der Waals surface area contributed by atoms with E-state index in [1.165, 1.54) is 0 Å². The number of nitrogens with zero attached hydrogens (tertiary/aromatic N) is 2. The van der Waals surface area contributed by atoms with E-state index in [1.54, 1.807) is 30.5 Å². The number of hydrogen-bond donors (Lipinski definition) is 2. The number of carbonyl (C=O) groups is 1. The van der Waals surface area contributed by atoms with Crippen molar-refractivity contribution in [1.82, 2.24) is 10.3 Å². The van der Waals surface area contributed by atoms with E-state index in [9.17, 15) is 4.79 Å². The summed E-state index contributed by atoms with van der Waals surface area (Å²) in [6, 6.07) is 8.68. The standard InChI is InChI=1S/C16H16Cl2N4O/c17-12-2-1-3-13(18)15(12)16(23)21-14-5-4-11(10-20-14)22-8-6-19-7-9-22/h1-5,10,19H,6-9H2,(H,20,21,23). The Balaban J connectivity index is 1.72. The van der Waals surface area contributed by atoms with Crippen LogP contribution in [0.5, 0.6) is 0 Å². The summed E-state index contributed by atoms with van der Waals surface area (Å²) in [6.07, 6.45) is 1.76. The Morgan fingerprint density at radius 2 is 1.83 bits per heavy atom. The lowest BCUT2D eigenvalue weighted by molar-refractivity contribution is 0.102. The molecule has 3 rings (SSSR count). The van der Waals surface area contributed by atoms with E-state index in [4.69, 9.17) is 23.2 Å². The fraction of sp³-hybridized carbons (Fsp3) is 0.250. The second-order valence-corrected chi connectivity index (χ2v) is 6.00. The highest BCUT2D eigenvalue weighted by Gasteiger charge is 2.15. The van der Waals surface area contributed by atoms with Gasteiger partial charge in [0.15, 0.2) is 0 Å². The highest BCUT2D eigenvalue weighted by Crippen LogP contribution is 2.25. The van der Waals surface area contributed by atoms with Crippen molar-refractivity contribution in [2.24, 2.45) is 0 Å². The van der Waals surface area contributed by atoms with Crippen molar-refractivity contribution >= 4 is 40.6 Å². The summed E-state index contributed by atoms with van der Waals surface area (Å²) >= 11 is 12.1. The molecule has 7 heteroatoms. The van der Waals surface area contributed by atoms with Gasteiger partial charge in [-0.3, -0.25) is 4.79 Å². The minimum atomic E-state index is -0.372. The van der Waals surface area contributed by atoms with Crippen LogP contribution in [0, 0.1) is 0 Å². The van der Waals surface area contributed by atoms with Crippen LogP contribution in [0.15, 0.2) is 36.5 Å². The van der Waals surface area contributed by atoms with Crippen molar-refractivity contribution < 1.29 is 4.79 Å². The number of aromatic nitrogens is 1. The molecule has 1 amide bonds. The Labute approximate surface area is 144 Å². The molecule has 0 radical (unpaired) electrons. The van der Waals surface area contributed by atoms with E-state index in [1.807, 2.05) is 6.07 Å². The molecule has 0 atom stereocenters. The lowest BCUT2D eigenvalue weighted by Crippen LogP contribution is -2.43. The lowest BCUT2D eigenvalue weighted by Gasteiger charge is -2.29. The smallest absolute Gasteiger partial charge is 0.259 e. The van der Waals surface area contributed by atoms with Crippen molar-refractivity contribution in [3.63, 3.8) is 0 Å². The van der Waals surface area contributed by atoms with Crippen LogP contribution in [-0.4, -0.2) is 37.1 Å². The quantitative estimate of drug-likeness (QED) is 0.893. The van der Waals surface area contributed by atoms with Crippen LogP contribution in [0.2, 0.25) is 10.0 Å². The third kappa shape index (κ3) is 3.75. The maximum atomic E-state index is 12.3. The highest BCUT2D eigenvalue weighted by atomic mass is 35.5. The monoisotopic (exact) mass is 350 g/mol. The average molecular weight is 351 g/mol. The van der Waals surface area contributed by atoms with Crippen LogP contribution in [0.3, 0.4) is 0 Å². The van der Waals surface area contributed by atoms with Gasteiger partial charge in [0.1, 0.15) is 5.82 Å². The van der Waals surface area contributed by atoms with Gasteiger partial charge < -0.3 is 15.5 Å². The maximum Gasteiger partial charge on any atom is 0.259 e. The molecule has 120 valence electrons. The van der Waals surface area contributed by atoms with Gasteiger partial charge in [0.2, 0.25) is 0 Å². The third-order valence-corrected chi connectivity index (χ3v) is 4.29. The molecule has 2 N–H and O–H groups in total. The summed E-state index contributed by atoms with van der Waals surface area (Å²) in [7, 11) is 0. The van der Waals surface area contributed by atoms with Gasteiger partial charge in [0, 0.05) is 26.2 Å². The van der Waals surface area contributed by atoms with Gasteiger partial charge >= 0.3 is 0 Å². The van der Waals surface area contributed by atoms with Gasteiger partial charge in [-0.25, -0.2) is 4.98 Å². The summed E-state index contributed by atoms with van der Waals surface area (Å²) < 4.78 is 0. The number of anilines is 2. The predicted octanol–water partition coefficient (Wildman–Crippen LogP) is 3.05. The molecular weight excluding hydrogens is 335 g/mol. The molecule has 0 saturated carbocycles. The molecule has 1 saturated heterocycles. The molecule has 2 aromatic rings. The Bertz CT molecular complexity index is 679. The Morgan fingerprint density at radius 1 is 1.13 bits per heavy atom. The number of benzene rings is 1. The first-order valence-corrected chi connectivity index (χ1v) is 8.08. The lowest BCUT2D eigenvalue weighted by atomic mass is 10.2. The van der Waals surface area contributed by atoms with Crippen molar-refractivity contribution in [3.8, 4) is 0 Å². The predicted molar refractivity (Wildman–Crippen MR) is 93.7 cm³/mol. The first-order valence-electron chi connectivity index (χ1n) is 7.32. The van der Waals surface area contributed by atoms with Crippen LogP contribution in [0.1, 0.15) is 10.4 Å². The van der Waals surface area contributed by atoms with E-state index in [-0.39, 0.29) is 11.5 Å². The highest BCUT2D eigenvalue weighted by molar-refractivity contribution is 6.40. The van der Waals surface area contributed by atoms with Crippen LogP contribution in [-0.2, 0) is 0 Å². The van der Waals surface area contributed by atoms with Crippen molar-refractivity contribution in [2.75, 3.05) is 36.4 Å². The molecule has 0 spiro atoms. The zero-order chi connectivity index (χ0) is 16.2. The zero-order valence-electron chi connectivity index (χ0n) is 12.4. The molecule has 2 heterocycles. The Kier molecular flexibility index (Phi) is 5.00. The molecule has 1 fully saturated rings. The average Bonchev–Trinajstić information content (AvgIpc) is 2.56. The van der Waals surface area contributed by atoms with Crippen molar-refractivity contribution in [3.05, 3.63) is 52.1 Å². The first-order chi connectivity index (χ1) is 11.1. The van der Waals surface area contributed by atoms with Gasteiger partial charge in [0.25, 0.3) is 5.91 Å². The summed E-state index contributed by atoms with van der Waals surface area (Å²) in [5.74, 6) is 0.0906.